The molecule has 2 heterocycles. The summed E-state index contributed by atoms with van der Waals surface area (Å²) in [4.78, 5) is 29.2. The summed E-state index contributed by atoms with van der Waals surface area (Å²) in [7, 11) is 0. The summed E-state index contributed by atoms with van der Waals surface area (Å²) in [5.41, 5.74) is -1.08. The largest absolute Gasteiger partial charge is 0.440 e. The number of aromatic nitrogens is 2. The minimum absolute atomic E-state index is 0.0458. The number of carbonyl (C=O) groups is 2. The number of rotatable bonds is 4. The van der Waals surface area contributed by atoms with Crippen LogP contribution in [0.1, 0.15) is 49.7 Å². The van der Waals surface area contributed by atoms with Crippen LogP contribution in [0.3, 0.4) is 0 Å². The van der Waals surface area contributed by atoms with E-state index in [9.17, 15) is 22.8 Å². The standard InChI is InChI=1S/C20H23F3N4O2/c1-11-9-14-15(10-12(11)2)27-18(24-14)25-17(29)19(27,20(21,22)23)26-16(28)8-7-13-5-3-4-6-13/h9-10,13H,3-8H2,1-2H3,(H,26,28)(H,24,25,29). The van der Waals surface area contributed by atoms with Gasteiger partial charge in [-0.25, -0.2) is 4.98 Å². The predicted octanol–water partition coefficient (Wildman–Crippen LogP) is 3.91. The highest BCUT2D eigenvalue weighted by Crippen LogP contribution is 2.44. The number of carbonyl (C=O) groups excluding carboxylic acids is 2. The van der Waals surface area contributed by atoms with E-state index in [1.165, 1.54) is 0 Å². The lowest BCUT2D eigenvalue weighted by Gasteiger charge is -2.32. The van der Waals surface area contributed by atoms with E-state index in [1.807, 2.05) is 12.2 Å². The Hall–Kier alpha value is -2.58. The molecule has 1 aliphatic heterocycles. The molecule has 2 N–H and O–H groups in total. The molecule has 1 aromatic carbocycles. The van der Waals surface area contributed by atoms with E-state index in [1.54, 1.807) is 19.1 Å². The molecule has 0 bridgehead atoms. The lowest BCUT2D eigenvalue weighted by atomic mass is 10.0. The summed E-state index contributed by atoms with van der Waals surface area (Å²) >= 11 is 0. The van der Waals surface area contributed by atoms with Gasteiger partial charge < -0.3 is 5.32 Å². The molecular weight excluding hydrogens is 385 g/mol. The molecule has 2 amide bonds. The maximum atomic E-state index is 14.3. The molecule has 0 radical (unpaired) electrons. The van der Waals surface area contributed by atoms with Crippen molar-refractivity contribution in [2.75, 3.05) is 5.32 Å². The van der Waals surface area contributed by atoms with Gasteiger partial charge in [-0.1, -0.05) is 25.7 Å². The summed E-state index contributed by atoms with van der Waals surface area (Å²) in [6, 6.07) is 3.23. The molecule has 0 spiro atoms. The number of alkyl halides is 3. The molecule has 6 nitrogen and oxygen atoms in total. The number of benzene rings is 1. The molecule has 1 atom stereocenters. The van der Waals surface area contributed by atoms with Crippen LogP contribution in [0, 0.1) is 19.8 Å². The van der Waals surface area contributed by atoms with Crippen LogP contribution in [-0.4, -0.2) is 27.5 Å². The number of nitrogens with zero attached hydrogens (tertiary/aromatic N) is 2. The van der Waals surface area contributed by atoms with Crippen molar-refractivity contribution in [3.05, 3.63) is 23.3 Å². The molecule has 2 aromatic rings. The Bertz CT molecular complexity index is 992. The quantitative estimate of drug-likeness (QED) is 0.806. The molecule has 1 saturated carbocycles. The van der Waals surface area contributed by atoms with Crippen molar-refractivity contribution >= 4 is 28.8 Å². The van der Waals surface area contributed by atoms with E-state index in [0.717, 1.165) is 41.4 Å². The molecule has 0 saturated heterocycles. The maximum absolute atomic E-state index is 14.3. The number of hydrogen-bond acceptors (Lipinski definition) is 3. The molecule has 1 unspecified atom stereocenters. The molecule has 1 aromatic heterocycles. The van der Waals surface area contributed by atoms with Gasteiger partial charge in [-0.05, 0) is 49.4 Å². The number of aryl methyl sites for hydroxylation is 2. The van der Waals surface area contributed by atoms with Crippen LogP contribution in [-0.2, 0) is 15.3 Å². The Morgan fingerprint density at radius 1 is 1.28 bits per heavy atom. The summed E-state index contributed by atoms with van der Waals surface area (Å²) in [5, 5.41) is 4.23. The molecule has 4 rings (SSSR count). The van der Waals surface area contributed by atoms with Crippen LogP contribution < -0.4 is 10.6 Å². The van der Waals surface area contributed by atoms with Crippen LogP contribution in [0.4, 0.5) is 19.1 Å². The molecule has 29 heavy (non-hydrogen) atoms. The second-order valence-electron chi connectivity index (χ2n) is 8.10. The van der Waals surface area contributed by atoms with Crippen molar-refractivity contribution in [1.29, 1.82) is 0 Å². The normalized spacial score (nSPS) is 22.2. The van der Waals surface area contributed by atoms with Crippen LogP contribution in [0.2, 0.25) is 0 Å². The number of anilines is 1. The highest BCUT2D eigenvalue weighted by Gasteiger charge is 2.67. The van der Waals surface area contributed by atoms with Crippen LogP contribution in [0.15, 0.2) is 12.1 Å². The average molecular weight is 408 g/mol. The first kappa shape index (κ1) is 19.7. The second kappa shape index (κ2) is 6.74. The van der Waals surface area contributed by atoms with Crippen LogP contribution in [0.25, 0.3) is 11.0 Å². The fourth-order valence-electron chi connectivity index (χ4n) is 4.39. The smallest absolute Gasteiger partial charge is 0.317 e. The summed E-state index contributed by atoms with van der Waals surface area (Å²) in [6.07, 6.45) is -0.403. The van der Waals surface area contributed by atoms with Crippen molar-refractivity contribution in [1.82, 2.24) is 14.9 Å². The van der Waals surface area contributed by atoms with E-state index in [4.69, 9.17) is 0 Å². The zero-order valence-corrected chi connectivity index (χ0v) is 16.3. The Labute approximate surface area is 165 Å². The van der Waals surface area contributed by atoms with Crippen molar-refractivity contribution < 1.29 is 22.8 Å². The lowest BCUT2D eigenvalue weighted by molar-refractivity contribution is -0.217. The number of nitrogens with one attached hydrogen (secondary N) is 2. The van der Waals surface area contributed by atoms with Crippen molar-refractivity contribution in [3.63, 3.8) is 0 Å². The number of amides is 2. The summed E-state index contributed by atoms with van der Waals surface area (Å²) in [5.74, 6) is -2.00. The molecule has 2 aliphatic rings. The highest BCUT2D eigenvalue weighted by atomic mass is 19.4. The van der Waals surface area contributed by atoms with E-state index >= 15 is 0 Å². The third kappa shape index (κ3) is 3.07. The van der Waals surface area contributed by atoms with Gasteiger partial charge in [-0.2, -0.15) is 13.2 Å². The van der Waals surface area contributed by atoms with E-state index < -0.39 is 23.7 Å². The predicted molar refractivity (Wildman–Crippen MR) is 101 cm³/mol. The Morgan fingerprint density at radius 3 is 2.59 bits per heavy atom. The summed E-state index contributed by atoms with van der Waals surface area (Å²) < 4.78 is 43.7. The van der Waals surface area contributed by atoms with Gasteiger partial charge in [0.15, 0.2) is 0 Å². The zero-order chi connectivity index (χ0) is 21.0. The van der Waals surface area contributed by atoms with Gasteiger partial charge in [0.25, 0.3) is 11.6 Å². The number of imidazole rings is 1. The number of hydrogen-bond donors (Lipinski definition) is 2. The molecule has 156 valence electrons. The average Bonchev–Trinajstić information content (AvgIpc) is 3.31. The van der Waals surface area contributed by atoms with E-state index in [2.05, 4.69) is 10.3 Å². The lowest BCUT2D eigenvalue weighted by Crippen LogP contribution is -2.63. The van der Waals surface area contributed by atoms with Gasteiger partial charge in [0.05, 0.1) is 11.0 Å². The van der Waals surface area contributed by atoms with Crippen LogP contribution in [0.5, 0.6) is 0 Å². The second-order valence-corrected chi connectivity index (χ2v) is 8.10. The number of halogens is 3. The first-order valence-electron chi connectivity index (χ1n) is 9.83. The minimum atomic E-state index is -5.04. The van der Waals surface area contributed by atoms with Gasteiger partial charge in [-0.3, -0.25) is 19.5 Å². The Kier molecular flexibility index (Phi) is 4.59. The molecular formula is C20H23F3N4O2. The van der Waals surface area contributed by atoms with Crippen molar-refractivity contribution in [3.8, 4) is 0 Å². The van der Waals surface area contributed by atoms with Gasteiger partial charge in [0, 0.05) is 6.42 Å². The topological polar surface area (TPSA) is 76.0 Å². The van der Waals surface area contributed by atoms with Gasteiger partial charge in [0.1, 0.15) is 0 Å². The third-order valence-electron chi connectivity index (χ3n) is 6.14. The zero-order valence-electron chi connectivity index (χ0n) is 16.3. The fraction of sp³-hybridized carbons (Fsp3) is 0.550. The Morgan fingerprint density at radius 2 is 1.93 bits per heavy atom. The highest BCUT2D eigenvalue weighted by molar-refractivity contribution is 6.05. The summed E-state index contributed by atoms with van der Waals surface area (Å²) in [6.45, 7) is 3.61. The van der Waals surface area contributed by atoms with Gasteiger partial charge in [0.2, 0.25) is 11.9 Å². The maximum Gasteiger partial charge on any atom is 0.440 e. The SMILES string of the molecule is Cc1cc2nc3n(c2cc1C)C(NC(=O)CCC1CCCC1)(C(F)(F)F)C(=O)N3. The fourth-order valence-corrected chi connectivity index (χ4v) is 4.39. The third-order valence-corrected chi connectivity index (χ3v) is 6.14. The number of fused-ring (bicyclic) bond motifs is 3. The first-order valence-corrected chi connectivity index (χ1v) is 9.83. The van der Waals surface area contributed by atoms with Crippen molar-refractivity contribution in [2.24, 2.45) is 5.92 Å². The Balaban J connectivity index is 1.74. The minimum Gasteiger partial charge on any atom is -0.317 e. The first-order chi connectivity index (χ1) is 13.6. The monoisotopic (exact) mass is 408 g/mol. The van der Waals surface area contributed by atoms with E-state index in [-0.39, 0.29) is 17.9 Å². The van der Waals surface area contributed by atoms with Crippen molar-refractivity contribution in [2.45, 2.75) is 64.2 Å². The van der Waals surface area contributed by atoms with E-state index in [0.29, 0.717) is 17.9 Å². The van der Waals surface area contributed by atoms with Crippen LogP contribution >= 0.6 is 0 Å². The van der Waals surface area contributed by atoms with Gasteiger partial charge in [-0.15, -0.1) is 0 Å². The molecule has 1 fully saturated rings. The van der Waals surface area contributed by atoms with Gasteiger partial charge >= 0.3 is 6.18 Å². The molecule has 9 heteroatoms. The molecule has 1 aliphatic carbocycles.